The Bertz CT molecular complexity index is 755. The van der Waals surface area contributed by atoms with Crippen LogP contribution in [0, 0.1) is 5.41 Å². The van der Waals surface area contributed by atoms with Crippen LogP contribution in [0.15, 0.2) is 53.0 Å². The average Bonchev–Trinajstić information content (AvgIpc) is 2.70. The summed E-state index contributed by atoms with van der Waals surface area (Å²) < 4.78 is 0.871. The molecule has 0 bridgehead atoms. The van der Waals surface area contributed by atoms with Gasteiger partial charge >= 0.3 is 0 Å². The molecule has 0 unspecified atom stereocenters. The van der Waals surface area contributed by atoms with Crippen molar-refractivity contribution in [1.82, 2.24) is 0 Å². The molecule has 0 amide bonds. The zero-order valence-electron chi connectivity index (χ0n) is 11.9. The van der Waals surface area contributed by atoms with E-state index >= 15 is 0 Å². The van der Waals surface area contributed by atoms with E-state index < -0.39 is 5.41 Å². The third-order valence-corrected chi connectivity index (χ3v) is 4.63. The molecule has 1 aliphatic rings. The zero-order chi connectivity index (χ0) is 15.9. The number of halogens is 1. The van der Waals surface area contributed by atoms with Crippen molar-refractivity contribution in [1.29, 1.82) is 0 Å². The standard InChI is InChI=1S/C18H13BrO3/c1-18(10-15(20)11-6-8-12(19)9-7-11)16(21)13-4-2-3-5-14(13)17(18)22/h2-9H,10H2,1H3. The third kappa shape index (κ3) is 2.24. The number of ketones is 3. The van der Waals surface area contributed by atoms with Gasteiger partial charge in [-0.15, -0.1) is 0 Å². The van der Waals surface area contributed by atoms with E-state index in [1.165, 1.54) is 0 Å². The number of benzene rings is 2. The van der Waals surface area contributed by atoms with Crippen molar-refractivity contribution in [2.75, 3.05) is 0 Å². The SMILES string of the molecule is CC1(CC(=O)c2ccc(Br)cc2)C(=O)c2ccccc2C1=O. The molecule has 0 saturated carbocycles. The van der Waals surface area contributed by atoms with E-state index in [-0.39, 0.29) is 23.8 Å². The minimum atomic E-state index is -1.30. The van der Waals surface area contributed by atoms with E-state index in [0.29, 0.717) is 16.7 Å². The molecular formula is C18H13BrO3. The topological polar surface area (TPSA) is 51.2 Å². The minimum absolute atomic E-state index is 0.110. The van der Waals surface area contributed by atoms with Gasteiger partial charge in [0.15, 0.2) is 17.3 Å². The lowest BCUT2D eigenvalue weighted by molar-refractivity contribution is 0.0669. The molecule has 0 fully saturated rings. The van der Waals surface area contributed by atoms with Crippen LogP contribution in [0.4, 0.5) is 0 Å². The van der Waals surface area contributed by atoms with Gasteiger partial charge in [0, 0.05) is 27.6 Å². The van der Waals surface area contributed by atoms with Gasteiger partial charge in [0.1, 0.15) is 5.41 Å². The summed E-state index contributed by atoms with van der Waals surface area (Å²) in [5.41, 5.74) is 0.0339. The van der Waals surface area contributed by atoms with Gasteiger partial charge in [0.05, 0.1) is 0 Å². The maximum Gasteiger partial charge on any atom is 0.177 e. The van der Waals surface area contributed by atoms with Crippen LogP contribution in [-0.2, 0) is 0 Å². The third-order valence-electron chi connectivity index (χ3n) is 4.10. The molecule has 3 nitrogen and oxygen atoms in total. The number of hydrogen-bond acceptors (Lipinski definition) is 3. The fourth-order valence-electron chi connectivity index (χ4n) is 2.80. The number of fused-ring (bicyclic) bond motifs is 1. The van der Waals surface area contributed by atoms with Gasteiger partial charge in [0.2, 0.25) is 0 Å². The first-order valence-corrected chi connectivity index (χ1v) is 7.70. The molecule has 0 aromatic heterocycles. The van der Waals surface area contributed by atoms with Crippen LogP contribution in [-0.4, -0.2) is 17.3 Å². The fraction of sp³-hybridized carbons (Fsp3) is 0.167. The van der Waals surface area contributed by atoms with E-state index in [1.807, 2.05) is 0 Å². The van der Waals surface area contributed by atoms with Crippen molar-refractivity contribution in [2.24, 2.45) is 5.41 Å². The van der Waals surface area contributed by atoms with E-state index in [1.54, 1.807) is 55.5 Å². The average molecular weight is 357 g/mol. The molecular weight excluding hydrogens is 344 g/mol. The molecule has 0 saturated heterocycles. The van der Waals surface area contributed by atoms with Crippen LogP contribution in [0.25, 0.3) is 0 Å². The van der Waals surface area contributed by atoms with Gasteiger partial charge in [0.25, 0.3) is 0 Å². The molecule has 0 aliphatic heterocycles. The molecule has 22 heavy (non-hydrogen) atoms. The first kappa shape index (κ1) is 14.9. The van der Waals surface area contributed by atoms with Gasteiger partial charge in [-0.3, -0.25) is 14.4 Å². The van der Waals surface area contributed by atoms with Crippen LogP contribution >= 0.6 is 15.9 Å². The number of carbonyl (C=O) groups excluding carboxylic acids is 3. The number of hydrogen-bond donors (Lipinski definition) is 0. The highest BCUT2D eigenvalue weighted by Crippen LogP contribution is 2.39. The second kappa shape index (κ2) is 5.29. The Morgan fingerprint density at radius 3 is 1.95 bits per heavy atom. The van der Waals surface area contributed by atoms with E-state index in [0.717, 1.165) is 4.47 Å². The second-order valence-corrected chi connectivity index (χ2v) is 6.56. The van der Waals surface area contributed by atoms with E-state index in [9.17, 15) is 14.4 Å². The van der Waals surface area contributed by atoms with Gasteiger partial charge in [-0.05, 0) is 19.1 Å². The van der Waals surface area contributed by atoms with Crippen molar-refractivity contribution in [3.63, 3.8) is 0 Å². The maximum absolute atomic E-state index is 12.6. The molecule has 0 atom stereocenters. The maximum atomic E-state index is 12.6. The predicted octanol–water partition coefficient (Wildman–Crippen LogP) is 4.11. The van der Waals surface area contributed by atoms with Crippen LogP contribution in [0.5, 0.6) is 0 Å². The summed E-state index contributed by atoms with van der Waals surface area (Å²) >= 11 is 3.31. The van der Waals surface area contributed by atoms with Crippen molar-refractivity contribution in [2.45, 2.75) is 13.3 Å². The van der Waals surface area contributed by atoms with Gasteiger partial charge in [-0.2, -0.15) is 0 Å². The summed E-state index contributed by atoms with van der Waals surface area (Å²) in [5.74, 6) is -0.735. The zero-order valence-corrected chi connectivity index (χ0v) is 13.5. The summed E-state index contributed by atoms with van der Waals surface area (Å²) in [5, 5.41) is 0. The lowest BCUT2D eigenvalue weighted by Crippen LogP contribution is -2.32. The van der Waals surface area contributed by atoms with Gasteiger partial charge < -0.3 is 0 Å². The van der Waals surface area contributed by atoms with E-state index in [2.05, 4.69) is 15.9 Å². The Morgan fingerprint density at radius 1 is 0.955 bits per heavy atom. The Kier molecular flexibility index (Phi) is 3.57. The molecule has 2 aromatic rings. The Hall–Kier alpha value is -2.07. The first-order valence-electron chi connectivity index (χ1n) is 6.91. The van der Waals surface area contributed by atoms with Crippen molar-refractivity contribution < 1.29 is 14.4 Å². The van der Waals surface area contributed by atoms with Crippen LogP contribution < -0.4 is 0 Å². The van der Waals surface area contributed by atoms with Crippen molar-refractivity contribution in [3.8, 4) is 0 Å². The molecule has 110 valence electrons. The quantitative estimate of drug-likeness (QED) is 0.614. The lowest BCUT2D eigenvalue weighted by Gasteiger charge is -2.19. The Morgan fingerprint density at radius 2 is 1.45 bits per heavy atom. The first-order chi connectivity index (χ1) is 10.4. The summed E-state index contributed by atoms with van der Waals surface area (Å²) in [4.78, 5) is 37.6. The smallest absolute Gasteiger partial charge is 0.177 e. The highest BCUT2D eigenvalue weighted by Gasteiger charge is 2.50. The second-order valence-electron chi connectivity index (χ2n) is 5.64. The van der Waals surface area contributed by atoms with Gasteiger partial charge in [-0.25, -0.2) is 0 Å². The predicted molar refractivity (Wildman–Crippen MR) is 86.3 cm³/mol. The molecule has 1 aliphatic carbocycles. The molecule has 0 N–H and O–H groups in total. The van der Waals surface area contributed by atoms with Crippen molar-refractivity contribution >= 4 is 33.3 Å². The molecule has 4 heteroatoms. The molecule has 2 aromatic carbocycles. The summed E-state index contributed by atoms with van der Waals surface area (Å²) in [6, 6.07) is 13.7. The molecule has 0 spiro atoms. The summed E-state index contributed by atoms with van der Waals surface area (Å²) in [7, 11) is 0. The molecule has 3 rings (SSSR count). The monoisotopic (exact) mass is 356 g/mol. The largest absolute Gasteiger partial charge is 0.294 e. The number of carbonyl (C=O) groups is 3. The van der Waals surface area contributed by atoms with Crippen LogP contribution in [0.1, 0.15) is 44.4 Å². The lowest BCUT2D eigenvalue weighted by atomic mass is 9.79. The summed E-state index contributed by atoms with van der Waals surface area (Å²) in [6.45, 7) is 1.56. The van der Waals surface area contributed by atoms with E-state index in [4.69, 9.17) is 0 Å². The minimum Gasteiger partial charge on any atom is -0.294 e. The Balaban J connectivity index is 1.92. The molecule has 0 radical (unpaired) electrons. The normalized spacial score (nSPS) is 15.7. The molecule has 0 heterocycles. The van der Waals surface area contributed by atoms with Crippen LogP contribution in [0.3, 0.4) is 0 Å². The van der Waals surface area contributed by atoms with Crippen LogP contribution in [0.2, 0.25) is 0 Å². The highest BCUT2D eigenvalue weighted by molar-refractivity contribution is 9.10. The highest BCUT2D eigenvalue weighted by atomic mass is 79.9. The number of Topliss-reactive ketones (excluding diaryl/α,β-unsaturated/α-hetero) is 3. The summed E-state index contributed by atoms with van der Waals surface area (Å²) in [6.07, 6.45) is -0.110. The fourth-order valence-corrected chi connectivity index (χ4v) is 3.06. The number of rotatable bonds is 3. The van der Waals surface area contributed by atoms with Gasteiger partial charge in [-0.1, -0.05) is 52.3 Å². The van der Waals surface area contributed by atoms with Crippen molar-refractivity contribution in [3.05, 3.63) is 69.7 Å². The Labute approximate surface area is 136 Å².